The molecule has 1 unspecified atom stereocenters. The van der Waals surface area contributed by atoms with Crippen molar-refractivity contribution in [2.45, 2.75) is 19.8 Å². The Morgan fingerprint density at radius 2 is 2.26 bits per heavy atom. The number of ether oxygens (including phenoxy) is 1. The van der Waals surface area contributed by atoms with Crippen LogP contribution in [0.5, 0.6) is 0 Å². The van der Waals surface area contributed by atoms with E-state index in [1.165, 1.54) is 10.9 Å². The highest BCUT2D eigenvalue weighted by molar-refractivity contribution is 5.83. The Morgan fingerprint density at radius 3 is 3.13 bits per heavy atom. The van der Waals surface area contributed by atoms with Crippen molar-refractivity contribution >= 4 is 17.0 Å². The molecule has 1 heterocycles. The normalized spacial score (nSPS) is 17.1. The third-order valence-electron chi connectivity index (χ3n) is 4.05. The Bertz CT molecular complexity index is 743. The molecule has 23 heavy (non-hydrogen) atoms. The third-order valence-corrected chi connectivity index (χ3v) is 4.05. The molecule has 4 nitrogen and oxygen atoms in total. The number of hydrogen-bond acceptors (Lipinski definition) is 2. The zero-order chi connectivity index (χ0) is 16.1. The third kappa shape index (κ3) is 4.03. The maximum Gasteiger partial charge on any atom is 0.407 e. The standard InChI is InChI=1S/C19H22N2O2/c1-14-5-4-6-15(11-14)13-23-19(22)20-10-9-16-12-21-18-8-3-2-7-17(16)18/h2-4,6-8,11-12,14,21H,5,9-10,13H2,1H3,(H,20,22). The second kappa shape index (κ2) is 7.18. The van der Waals surface area contributed by atoms with Gasteiger partial charge in [-0.3, -0.25) is 0 Å². The highest BCUT2D eigenvalue weighted by Gasteiger charge is 2.08. The quantitative estimate of drug-likeness (QED) is 0.878. The largest absolute Gasteiger partial charge is 0.445 e. The Hall–Kier alpha value is -2.49. The lowest BCUT2D eigenvalue weighted by Crippen LogP contribution is -2.27. The zero-order valence-corrected chi connectivity index (χ0v) is 13.3. The van der Waals surface area contributed by atoms with Crippen LogP contribution in [0.25, 0.3) is 10.9 Å². The molecule has 1 amide bonds. The Kier molecular flexibility index (Phi) is 4.81. The average Bonchev–Trinajstić information content (AvgIpc) is 2.97. The summed E-state index contributed by atoms with van der Waals surface area (Å²) in [5.41, 5.74) is 3.39. The van der Waals surface area contributed by atoms with Gasteiger partial charge in [-0.15, -0.1) is 0 Å². The lowest BCUT2D eigenvalue weighted by atomic mass is 9.99. The van der Waals surface area contributed by atoms with E-state index in [9.17, 15) is 4.79 Å². The van der Waals surface area contributed by atoms with Crippen LogP contribution in [-0.4, -0.2) is 24.2 Å². The van der Waals surface area contributed by atoms with E-state index in [0.717, 1.165) is 23.9 Å². The minimum absolute atomic E-state index is 0.333. The molecule has 0 fully saturated rings. The van der Waals surface area contributed by atoms with Crippen LogP contribution < -0.4 is 5.32 Å². The van der Waals surface area contributed by atoms with Crippen LogP contribution in [0.2, 0.25) is 0 Å². The summed E-state index contributed by atoms with van der Waals surface area (Å²) in [6, 6.07) is 8.16. The van der Waals surface area contributed by atoms with Gasteiger partial charge in [-0.25, -0.2) is 4.79 Å². The van der Waals surface area contributed by atoms with E-state index in [-0.39, 0.29) is 6.09 Å². The number of H-pyrrole nitrogens is 1. The number of carbonyl (C=O) groups is 1. The van der Waals surface area contributed by atoms with Crippen LogP contribution in [0, 0.1) is 5.92 Å². The maximum atomic E-state index is 11.8. The Morgan fingerprint density at radius 1 is 1.39 bits per heavy atom. The number of rotatable bonds is 5. The number of allylic oxidation sites excluding steroid dienone is 2. The van der Waals surface area contributed by atoms with Gasteiger partial charge in [-0.1, -0.05) is 43.4 Å². The molecule has 0 aliphatic heterocycles. The second-order valence-electron chi connectivity index (χ2n) is 5.97. The summed E-state index contributed by atoms with van der Waals surface area (Å²) in [7, 11) is 0. The number of carbonyl (C=O) groups excluding carboxylic acids is 1. The van der Waals surface area contributed by atoms with Crippen molar-refractivity contribution in [1.29, 1.82) is 0 Å². The summed E-state index contributed by atoms with van der Waals surface area (Å²) < 4.78 is 5.26. The molecule has 2 N–H and O–H groups in total. The van der Waals surface area contributed by atoms with Crippen LogP contribution >= 0.6 is 0 Å². The monoisotopic (exact) mass is 310 g/mol. The topological polar surface area (TPSA) is 54.1 Å². The molecule has 4 heteroatoms. The van der Waals surface area contributed by atoms with Gasteiger partial charge in [0.2, 0.25) is 0 Å². The molecule has 0 saturated heterocycles. The molecule has 3 rings (SSSR count). The van der Waals surface area contributed by atoms with Crippen molar-refractivity contribution in [2.75, 3.05) is 13.2 Å². The molecular formula is C19H22N2O2. The molecule has 1 aliphatic carbocycles. The summed E-state index contributed by atoms with van der Waals surface area (Å²) in [5, 5.41) is 4.01. The molecule has 1 aliphatic rings. The fourth-order valence-corrected chi connectivity index (χ4v) is 2.86. The van der Waals surface area contributed by atoms with Gasteiger partial charge >= 0.3 is 6.09 Å². The molecular weight excluding hydrogens is 288 g/mol. The first kappa shape index (κ1) is 15.4. The average molecular weight is 310 g/mol. The highest BCUT2D eigenvalue weighted by atomic mass is 16.5. The SMILES string of the molecule is CC1C=C(COC(=O)NCCc2c[nH]c3ccccc23)C=CC1. The van der Waals surface area contributed by atoms with Gasteiger partial charge in [0.25, 0.3) is 0 Å². The predicted octanol–water partition coefficient (Wildman–Crippen LogP) is 3.96. The fourth-order valence-electron chi connectivity index (χ4n) is 2.86. The number of amides is 1. The van der Waals surface area contributed by atoms with E-state index in [0.29, 0.717) is 19.1 Å². The summed E-state index contributed by atoms with van der Waals surface area (Å²) in [6.45, 7) is 3.05. The van der Waals surface area contributed by atoms with Crippen molar-refractivity contribution in [3.63, 3.8) is 0 Å². The first-order valence-corrected chi connectivity index (χ1v) is 8.05. The first-order valence-electron chi connectivity index (χ1n) is 8.05. The van der Waals surface area contributed by atoms with Crippen LogP contribution in [0.1, 0.15) is 18.9 Å². The smallest absolute Gasteiger partial charge is 0.407 e. The van der Waals surface area contributed by atoms with Crippen molar-refractivity contribution < 1.29 is 9.53 Å². The van der Waals surface area contributed by atoms with E-state index in [1.54, 1.807) is 0 Å². The lowest BCUT2D eigenvalue weighted by molar-refractivity contribution is 0.156. The van der Waals surface area contributed by atoms with E-state index in [1.807, 2.05) is 30.5 Å². The summed E-state index contributed by atoms with van der Waals surface area (Å²) in [5.74, 6) is 0.517. The van der Waals surface area contributed by atoms with Gasteiger partial charge in [0.1, 0.15) is 6.61 Å². The molecule has 120 valence electrons. The molecule has 1 atom stereocenters. The van der Waals surface area contributed by atoms with Crippen LogP contribution in [0.4, 0.5) is 4.79 Å². The number of aromatic nitrogens is 1. The van der Waals surface area contributed by atoms with Crippen LogP contribution in [0.3, 0.4) is 0 Å². The van der Waals surface area contributed by atoms with Crippen molar-refractivity contribution in [3.8, 4) is 0 Å². The predicted molar refractivity (Wildman–Crippen MR) is 92.4 cm³/mol. The number of fused-ring (bicyclic) bond motifs is 1. The van der Waals surface area contributed by atoms with Crippen LogP contribution in [0.15, 0.2) is 54.3 Å². The Balaban J connectivity index is 1.43. The highest BCUT2D eigenvalue weighted by Crippen LogP contribution is 2.18. The summed E-state index contributed by atoms with van der Waals surface area (Å²) >= 11 is 0. The zero-order valence-electron chi connectivity index (χ0n) is 13.3. The van der Waals surface area contributed by atoms with Gasteiger partial charge in [0, 0.05) is 23.6 Å². The number of alkyl carbamates (subject to hydrolysis) is 1. The van der Waals surface area contributed by atoms with Gasteiger partial charge in [-0.2, -0.15) is 0 Å². The minimum Gasteiger partial charge on any atom is -0.445 e. The molecule has 1 aromatic heterocycles. The maximum absolute atomic E-state index is 11.8. The number of nitrogens with one attached hydrogen (secondary N) is 2. The van der Waals surface area contributed by atoms with Crippen molar-refractivity contribution in [3.05, 3.63) is 59.8 Å². The molecule has 2 aromatic rings. The Labute approximate surface area is 136 Å². The molecule has 0 spiro atoms. The van der Waals surface area contributed by atoms with E-state index < -0.39 is 0 Å². The molecule has 0 bridgehead atoms. The van der Waals surface area contributed by atoms with Gasteiger partial charge in [0.05, 0.1) is 0 Å². The minimum atomic E-state index is -0.364. The second-order valence-corrected chi connectivity index (χ2v) is 5.97. The molecule has 0 radical (unpaired) electrons. The van der Waals surface area contributed by atoms with Crippen LogP contribution in [-0.2, 0) is 11.2 Å². The summed E-state index contributed by atoms with van der Waals surface area (Å²) in [6.07, 6.45) is 9.77. The van der Waals surface area contributed by atoms with Crippen molar-refractivity contribution in [1.82, 2.24) is 10.3 Å². The van der Waals surface area contributed by atoms with Crippen molar-refractivity contribution in [2.24, 2.45) is 5.92 Å². The molecule has 0 saturated carbocycles. The van der Waals surface area contributed by atoms with E-state index in [4.69, 9.17) is 4.74 Å². The first-order chi connectivity index (χ1) is 11.2. The van der Waals surface area contributed by atoms with Gasteiger partial charge in [0.15, 0.2) is 0 Å². The fraction of sp³-hybridized carbons (Fsp3) is 0.316. The van der Waals surface area contributed by atoms with Gasteiger partial charge in [-0.05, 0) is 36.0 Å². The number of para-hydroxylation sites is 1. The number of hydrogen-bond donors (Lipinski definition) is 2. The van der Waals surface area contributed by atoms with E-state index in [2.05, 4.69) is 35.4 Å². The molecule has 1 aromatic carbocycles. The lowest BCUT2D eigenvalue weighted by Gasteiger charge is -2.13. The van der Waals surface area contributed by atoms with E-state index >= 15 is 0 Å². The number of benzene rings is 1. The van der Waals surface area contributed by atoms with Gasteiger partial charge < -0.3 is 15.0 Å². The number of aromatic amines is 1. The summed E-state index contributed by atoms with van der Waals surface area (Å²) in [4.78, 5) is 15.0.